The Morgan fingerprint density at radius 3 is 2.59 bits per heavy atom. The summed E-state index contributed by atoms with van der Waals surface area (Å²) in [7, 11) is 1.58. The van der Waals surface area contributed by atoms with Crippen LogP contribution in [0.4, 0.5) is 0 Å². The van der Waals surface area contributed by atoms with Crippen molar-refractivity contribution in [2.24, 2.45) is 0 Å². The fourth-order valence-electron chi connectivity index (χ4n) is 1.82. The van der Waals surface area contributed by atoms with Gasteiger partial charge in [0.25, 0.3) is 0 Å². The van der Waals surface area contributed by atoms with Gasteiger partial charge in [0.1, 0.15) is 5.54 Å². The molecule has 0 aromatic carbocycles. The number of carboxylic acids is 1. The fourth-order valence-corrected chi connectivity index (χ4v) is 3.01. The lowest BCUT2D eigenvalue weighted by Gasteiger charge is -2.33. The van der Waals surface area contributed by atoms with Gasteiger partial charge in [0, 0.05) is 20.1 Å². The highest BCUT2D eigenvalue weighted by atomic mass is 32.2. The second-order valence-corrected chi connectivity index (χ2v) is 5.37. The van der Waals surface area contributed by atoms with E-state index >= 15 is 0 Å². The molecule has 0 atom stereocenters. The summed E-state index contributed by atoms with van der Waals surface area (Å²) in [5, 5.41) is 11.9. The summed E-state index contributed by atoms with van der Waals surface area (Å²) in [5.74, 6) is 0.448. The topological polar surface area (TPSA) is 75.6 Å². The lowest BCUT2D eigenvalue weighted by atomic mass is 9.92. The first-order chi connectivity index (χ1) is 8.10. The number of carboxylic acid groups (broad SMARTS) is 1. The third-order valence-corrected chi connectivity index (χ3v) is 3.87. The first-order valence-corrected chi connectivity index (χ1v) is 6.87. The Labute approximate surface area is 105 Å². The van der Waals surface area contributed by atoms with Crippen LogP contribution in [0.5, 0.6) is 0 Å². The number of rotatable bonds is 6. The largest absolute Gasteiger partial charge is 0.480 e. The molecule has 1 aliphatic heterocycles. The minimum Gasteiger partial charge on any atom is -0.480 e. The zero-order chi connectivity index (χ0) is 12.7. The van der Waals surface area contributed by atoms with Crippen molar-refractivity contribution in [3.63, 3.8) is 0 Å². The highest BCUT2D eigenvalue weighted by Gasteiger charge is 2.40. The molecule has 1 amide bonds. The second-order valence-electron chi connectivity index (χ2n) is 4.14. The summed E-state index contributed by atoms with van der Waals surface area (Å²) >= 11 is 1.73. The normalized spacial score (nSPS) is 18.6. The maximum absolute atomic E-state index is 11.7. The van der Waals surface area contributed by atoms with Crippen molar-refractivity contribution in [3.05, 3.63) is 0 Å². The van der Waals surface area contributed by atoms with E-state index in [1.54, 1.807) is 18.9 Å². The summed E-state index contributed by atoms with van der Waals surface area (Å²) in [4.78, 5) is 23.0. The van der Waals surface area contributed by atoms with E-state index in [1.807, 2.05) is 0 Å². The Hall–Kier alpha value is -0.750. The number of hydrogen-bond donors (Lipinski definition) is 2. The van der Waals surface area contributed by atoms with Gasteiger partial charge >= 0.3 is 5.97 Å². The van der Waals surface area contributed by atoms with E-state index in [0.29, 0.717) is 32.3 Å². The van der Waals surface area contributed by atoms with Gasteiger partial charge in [0.15, 0.2) is 0 Å². The van der Waals surface area contributed by atoms with Gasteiger partial charge in [-0.2, -0.15) is 11.8 Å². The van der Waals surface area contributed by atoms with Gasteiger partial charge in [0.2, 0.25) is 5.91 Å². The molecule has 0 bridgehead atoms. The summed E-state index contributed by atoms with van der Waals surface area (Å²) < 4.78 is 4.86. The summed E-state index contributed by atoms with van der Waals surface area (Å²) in [6, 6.07) is 0. The fraction of sp³-hybridized carbons (Fsp3) is 0.818. The first-order valence-electron chi connectivity index (χ1n) is 5.72. The number of nitrogens with one attached hydrogen (secondary N) is 1. The molecule has 1 saturated heterocycles. The molecule has 17 heavy (non-hydrogen) atoms. The predicted molar refractivity (Wildman–Crippen MR) is 66.2 cm³/mol. The maximum Gasteiger partial charge on any atom is 0.329 e. The number of aliphatic carboxylic acids is 1. The van der Waals surface area contributed by atoms with E-state index in [0.717, 1.165) is 11.5 Å². The van der Waals surface area contributed by atoms with Crippen LogP contribution >= 0.6 is 11.8 Å². The molecular weight excluding hydrogens is 242 g/mol. The lowest BCUT2D eigenvalue weighted by molar-refractivity contribution is -0.148. The van der Waals surface area contributed by atoms with Crippen molar-refractivity contribution < 1.29 is 19.4 Å². The Balaban J connectivity index is 2.48. The Morgan fingerprint density at radius 1 is 1.41 bits per heavy atom. The molecule has 1 rings (SSSR count). The molecule has 2 N–H and O–H groups in total. The van der Waals surface area contributed by atoms with Crippen LogP contribution in [0.25, 0.3) is 0 Å². The average molecular weight is 261 g/mol. The molecule has 1 heterocycles. The van der Waals surface area contributed by atoms with Crippen LogP contribution in [0.1, 0.15) is 25.7 Å². The smallest absolute Gasteiger partial charge is 0.329 e. The van der Waals surface area contributed by atoms with Gasteiger partial charge in [-0.25, -0.2) is 4.79 Å². The number of hydrogen-bond acceptors (Lipinski definition) is 4. The van der Waals surface area contributed by atoms with Crippen LogP contribution in [0.3, 0.4) is 0 Å². The molecule has 6 heteroatoms. The van der Waals surface area contributed by atoms with Crippen molar-refractivity contribution in [3.8, 4) is 0 Å². The number of methoxy groups -OCH3 is 1. The average Bonchev–Trinajstić information content (AvgIpc) is 2.30. The standard InChI is InChI=1S/C11H19NO4S/c1-16-6-2-3-9(13)12-11(10(14)15)4-7-17-8-5-11/h2-8H2,1H3,(H,12,13)(H,14,15). The third-order valence-electron chi connectivity index (χ3n) is 2.89. The molecule has 5 nitrogen and oxygen atoms in total. The molecule has 0 aromatic rings. The number of carbonyl (C=O) groups is 2. The minimum atomic E-state index is -1.05. The van der Waals surface area contributed by atoms with Crippen molar-refractivity contribution in [2.75, 3.05) is 25.2 Å². The zero-order valence-corrected chi connectivity index (χ0v) is 10.8. The van der Waals surface area contributed by atoms with Crippen LogP contribution in [-0.4, -0.2) is 47.7 Å². The van der Waals surface area contributed by atoms with E-state index < -0.39 is 11.5 Å². The zero-order valence-electron chi connectivity index (χ0n) is 10.0. The van der Waals surface area contributed by atoms with Crippen LogP contribution in [0, 0.1) is 0 Å². The van der Waals surface area contributed by atoms with Crippen LogP contribution in [0.2, 0.25) is 0 Å². The van der Waals surface area contributed by atoms with E-state index in [2.05, 4.69) is 5.32 Å². The molecule has 0 unspecified atom stereocenters. The van der Waals surface area contributed by atoms with Crippen molar-refractivity contribution in [1.29, 1.82) is 0 Å². The van der Waals surface area contributed by atoms with E-state index in [1.165, 1.54) is 0 Å². The van der Waals surface area contributed by atoms with E-state index in [9.17, 15) is 14.7 Å². The molecule has 1 aliphatic rings. The number of ether oxygens (including phenoxy) is 1. The van der Waals surface area contributed by atoms with Crippen LogP contribution < -0.4 is 5.32 Å². The first kappa shape index (κ1) is 14.3. The quantitative estimate of drug-likeness (QED) is 0.694. The monoisotopic (exact) mass is 261 g/mol. The van der Waals surface area contributed by atoms with Gasteiger partial charge in [-0.15, -0.1) is 0 Å². The summed E-state index contributed by atoms with van der Waals surface area (Å²) in [5.41, 5.74) is -1.05. The van der Waals surface area contributed by atoms with Gasteiger partial charge in [0.05, 0.1) is 0 Å². The molecule has 1 fully saturated rings. The minimum absolute atomic E-state index is 0.198. The van der Waals surface area contributed by atoms with Gasteiger partial charge in [-0.05, 0) is 30.8 Å². The number of amides is 1. The predicted octanol–water partition coefficient (Wildman–Crippen LogP) is 0.880. The summed E-state index contributed by atoms with van der Waals surface area (Å²) in [6.45, 7) is 0.517. The highest BCUT2D eigenvalue weighted by molar-refractivity contribution is 7.99. The van der Waals surface area contributed by atoms with Crippen molar-refractivity contribution in [2.45, 2.75) is 31.2 Å². The Morgan fingerprint density at radius 2 is 2.06 bits per heavy atom. The SMILES string of the molecule is COCCCC(=O)NC1(C(=O)O)CCSCC1. The van der Waals surface area contributed by atoms with Crippen molar-refractivity contribution >= 4 is 23.6 Å². The molecule has 98 valence electrons. The van der Waals surface area contributed by atoms with Gasteiger partial charge < -0.3 is 15.2 Å². The van der Waals surface area contributed by atoms with E-state index in [-0.39, 0.29) is 5.91 Å². The molecule has 0 radical (unpaired) electrons. The molecule has 0 aliphatic carbocycles. The van der Waals surface area contributed by atoms with Crippen LogP contribution in [-0.2, 0) is 14.3 Å². The second kappa shape index (κ2) is 6.86. The van der Waals surface area contributed by atoms with Gasteiger partial charge in [-0.3, -0.25) is 4.79 Å². The third kappa shape index (κ3) is 4.20. The number of thioether (sulfide) groups is 1. The molecule has 0 saturated carbocycles. The molecule has 0 spiro atoms. The Kier molecular flexibility index (Phi) is 5.77. The van der Waals surface area contributed by atoms with E-state index in [4.69, 9.17) is 4.74 Å². The Bertz CT molecular complexity index is 277. The maximum atomic E-state index is 11.7. The van der Waals surface area contributed by atoms with Gasteiger partial charge in [-0.1, -0.05) is 0 Å². The number of carbonyl (C=O) groups excluding carboxylic acids is 1. The molecule has 0 aromatic heterocycles. The lowest BCUT2D eigenvalue weighted by Crippen LogP contribution is -2.56. The summed E-state index contributed by atoms with van der Waals surface area (Å²) in [6.07, 6.45) is 1.94. The highest BCUT2D eigenvalue weighted by Crippen LogP contribution is 2.27. The van der Waals surface area contributed by atoms with Crippen LogP contribution in [0.15, 0.2) is 0 Å². The molecular formula is C11H19NO4S. The van der Waals surface area contributed by atoms with Crippen molar-refractivity contribution in [1.82, 2.24) is 5.32 Å².